The Morgan fingerprint density at radius 3 is 1.89 bits per heavy atom. The molecule has 0 saturated heterocycles. The fraction of sp³-hybridized carbons (Fsp3) is 0.680. The summed E-state index contributed by atoms with van der Waals surface area (Å²) >= 11 is 0. The number of carbonyl (C=O) groups is 2. The zero-order chi connectivity index (χ0) is 26.3. The topological polar surface area (TPSA) is 52.6 Å². The fourth-order valence-corrected chi connectivity index (χ4v) is 3.54. The Hall–Kier alpha value is -2.10. The van der Waals surface area contributed by atoms with Gasteiger partial charge in [0.2, 0.25) is 0 Å². The summed E-state index contributed by atoms with van der Waals surface area (Å²) in [7, 11) is 0. The monoisotopic (exact) mass is 512 g/mol. The first-order valence-corrected chi connectivity index (χ1v) is 12.0. The zero-order valence-electron chi connectivity index (χ0n) is 20.0. The number of ether oxygens (including phenoxy) is 2. The molecule has 0 N–H and O–H groups in total. The molecule has 4 nitrogen and oxygen atoms in total. The number of hydrogen-bond acceptors (Lipinski definition) is 4. The molecule has 10 heteroatoms. The number of benzene rings is 1. The number of carbonyl (C=O) groups excluding carboxylic acids is 2. The quantitative estimate of drug-likeness (QED) is 0.125. The van der Waals surface area contributed by atoms with E-state index in [0.29, 0.717) is 51.2 Å². The third kappa shape index (κ3) is 13.5. The van der Waals surface area contributed by atoms with E-state index >= 15 is 0 Å². The van der Waals surface area contributed by atoms with Crippen LogP contribution < -0.4 is 0 Å². The van der Waals surface area contributed by atoms with Crippen molar-refractivity contribution in [3.05, 3.63) is 34.9 Å². The maximum absolute atomic E-state index is 13.0. The molecule has 0 saturated carbocycles. The molecule has 1 rings (SSSR count). The number of Topliss-reactive ketones (excluding diaryl/α,β-unsaturated/α-hetero) is 1. The summed E-state index contributed by atoms with van der Waals surface area (Å²) in [5, 5.41) is 0. The lowest BCUT2D eigenvalue weighted by Crippen LogP contribution is -2.17. The van der Waals surface area contributed by atoms with Crippen LogP contribution in [0, 0.1) is 0 Å². The molecule has 0 fully saturated rings. The second-order valence-electron chi connectivity index (χ2n) is 8.34. The molecule has 0 bridgehead atoms. The highest BCUT2D eigenvalue weighted by Gasteiger charge is 2.43. The lowest BCUT2D eigenvalue weighted by molar-refractivity contribution is -0.162. The van der Waals surface area contributed by atoms with Gasteiger partial charge in [0, 0.05) is 32.5 Å². The summed E-state index contributed by atoms with van der Waals surface area (Å²) in [4.78, 5) is 23.2. The molecule has 0 aliphatic rings. The van der Waals surface area contributed by atoms with E-state index in [2.05, 4.69) is 0 Å². The SMILES string of the molecule is CCOC(=O)CCCCCCCCOCCCCC(=O)Cc1ccc(C(F)(F)F)c(C(F)(F)F)c1. The third-order valence-corrected chi connectivity index (χ3v) is 5.32. The van der Waals surface area contributed by atoms with E-state index in [-0.39, 0.29) is 30.2 Å². The molecular weight excluding hydrogens is 478 g/mol. The van der Waals surface area contributed by atoms with Crippen molar-refractivity contribution in [3.63, 3.8) is 0 Å². The number of halogens is 6. The first-order valence-electron chi connectivity index (χ1n) is 12.0. The Balaban J connectivity index is 2.15. The van der Waals surface area contributed by atoms with Gasteiger partial charge in [-0.1, -0.05) is 31.7 Å². The second-order valence-corrected chi connectivity index (χ2v) is 8.34. The molecule has 35 heavy (non-hydrogen) atoms. The van der Waals surface area contributed by atoms with Crippen molar-refractivity contribution < 1.29 is 45.4 Å². The third-order valence-electron chi connectivity index (χ3n) is 5.32. The Labute approximate surface area is 202 Å². The van der Waals surface area contributed by atoms with Crippen LogP contribution in [0.4, 0.5) is 26.3 Å². The van der Waals surface area contributed by atoms with E-state index in [0.717, 1.165) is 44.6 Å². The number of ketones is 1. The average Bonchev–Trinajstić information content (AvgIpc) is 2.75. The van der Waals surface area contributed by atoms with Gasteiger partial charge in [0.25, 0.3) is 0 Å². The average molecular weight is 513 g/mol. The molecule has 1 aromatic carbocycles. The molecule has 0 aromatic heterocycles. The molecule has 0 amide bonds. The van der Waals surface area contributed by atoms with Crippen LogP contribution in [-0.2, 0) is 37.8 Å². The Morgan fingerprint density at radius 2 is 1.29 bits per heavy atom. The summed E-state index contributed by atoms with van der Waals surface area (Å²) in [6.07, 6.45) is -3.11. The number of rotatable bonds is 17. The van der Waals surface area contributed by atoms with Gasteiger partial charge in [0.15, 0.2) is 0 Å². The van der Waals surface area contributed by atoms with Crippen molar-refractivity contribution in [2.24, 2.45) is 0 Å². The largest absolute Gasteiger partial charge is 0.466 e. The molecule has 0 aliphatic heterocycles. The number of esters is 1. The second kappa shape index (κ2) is 15.8. The van der Waals surface area contributed by atoms with Crippen LogP contribution in [0.2, 0.25) is 0 Å². The number of alkyl halides is 6. The van der Waals surface area contributed by atoms with Crippen LogP contribution in [0.5, 0.6) is 0 Å². The van der Waals surface area contributed by atoms with Crippen molar-refractivity contribution in [1.29, 1.82) is 0 Å². The van der Waals surface area contributed by atoms with E-state index in [1.807, 2.05) is 0 Å². The van der Waals surface area contributed by atoms with Gasteiger partial charge >= 0.3 is 18.3 Å². The Bertz CT molecular complexity index is 774. The summed E-state index contributed by atoms with van der Waals surface area (Å²) in [6.45, 7) is 3.25. The first kappa shape index (κ1) is 30.9. The minimum absolute atomic E-state index is 0.0903. The highest BCUT2D eigenvalue weighted by atomic mass is 19.4. The van der Waals surface area contributed by atoms with E-state index < -0.39 is 23.5 Å². The Morgan fingerprint density at radius 1 is 0.743 bits per heavy atom. The molecule has 0 atom stereocenters. The fourth-order valence-electron chi connectivity index (χ4n) is 3.54. The molecule has 200 valence electrons. The summed E-state index contributed by atoms with van der Waals surface area (Å²) in [5.74, 6) is -0.487. The minimum Gasteiger partial charge on any atom is -0.466 e. The highest BCUT2D eigenvalue weighted by molar-refractivity contribution is 5.80. The molecule has 0 unspecified atom stereocenters. The van der Waals surface area contributed by atoms with Crippen molar-refractivity contribution in [2.75, 3.05) is 19.8 Å². The summed E-state index contributed by atoms with van der Waals surface area (Å²) < 4.78 is 87.9. The van der Waals surface area contributed by atoms with Crippen LogP contribution in [0.1, 0.15) is 87.8 Å². The van der Waals surface area contributed by atoms with Gasteiger partial charge in [0.05, 0.1) is 17.7 Å². The Kier molecular flexibility index (Phi) is 14.0. The molecule has 0 heterocycles. The van der Waals surface area contributed by atoms with Gasteiger partial charge in [-0.05, 0) is 50.3 Å². The van der Waals surface area contributed by atoms with Crippen molar-refractivity contribution in [1.82, 2.24) is 0 Å². The predicted molar refractivity (Wildman–Crippen MR) is 119 cm³/mol. The van der Waals surface area contributed by atoms with Crippen LogP contribution in [0.3, 0.4) is 0 Å². The lowest BCUT2D eigenvalue weighted by atomic mass is 9.98. The predicted octanol–water partition coefficient (Wildman–Crippen LogP) is 7.32. The highest BCUT2D eigenvalue weighted by Crippen LogP contribution is 2.40. The van der Waals surface area contributed by atoms with Crippen LogP contribution >= 0.6 is 0 Å². The number of hydrogen-bond donors (Lipinski definition) is 0. The van der Waals surface area contributed by atoms with Crippen molar-refractivity contribution >= 4 is 11.8 Å². The summed E-state index contributed by atoms with van der Waals surface area (Å²) in [5.41, 5.74) is -3.62. The molecule has 0 aliphatic carbocycles. The van der Waals surface area contributed by atoms with Gasteiger partial charge in [-0.2, -0.15) is 26.3 Å². The molecule has 0 spiro atoms. The normalized spacial score (nSPS) is 12.1. The van der Waals surface area contributed by atoms with E-state index in [4.69, 9.17) is 9.47 Å². The summed E-state index contributed by atoms with van der Waals surface area (Å²) in [6, 6.07) is 1.70. The van der Waals surface area contributed by atoms with E-state index in [9.17, 15) is 35.9 Å². The molecule has 1 aromatic rings. The van der Waals surface area contributed by atoms with Gasteiger partial charge in [0.1, 0.15) is 5.78 Å². The van der Waals surface area contributed by atoms with Crippen LogP contribution in [0.25, 0.3) is 0 Å². The number of unbranched alkanes of at least 4 members (excludes halogenated alkanes) is 6. The van der Waals surface area contributed by atoms with Gasteiger partial charge in [-0.15, -0.1) is 0 Å². The van der Waals surface area contributed by atoms with Gasteiger partial charge < -0.3 is 9.47 Å². The van der Waals surface area contributed by atoms with Crippen molar-refractivity contribution in [2.45, 2.75) is 89.9 Å². The van der Waals surface area contributed by atoms with E-state index in [1.165, 1.54) is 0 Å². The van der Waals surface area contributed by atoms with Gasteiger partial charge in [-0.25, -0.2) is 0 Å². The maximum atomic E-state index is 13.0. The smallest absolute Gasteiger partial charge is 0.417 e. The van der Waals surface area contributed by atoms with E-state index in [1.54, 1.807) is 6.92 Å². The van der Waals surface area contributed by atoms with Crippen LogP contribution in [-0.4, -0.2) is 31.6 Å². The molecular formula is C25H34F6O4. The maximum Gasteiger partial charge on any atom is 0.417 e. The van der Waals surface area contributed by atoms with Crippen molar-refractivity contribution in [3.8, 4) is 0 Å². The standard InChI is InChI=1S/C25H34F6O4/c1-2-35-23(33)12-7-5-3-4-6-9-15-34-16-10-8-11-20(32)17-19-13-14-21(24(26,27)28)22(18-19)25(29,30)31/h13-14,18H,2-12,15-17H2,1H3. The van der Waals surface area contributed by atoms with Gasteiger partial charge in [-0.3, -0.25) is 9.59 Å². The molecule has 0 radical (unpaired) electrons. The van der Waals surface area contributed by atoms with Crippen LogP contribution in [0.15, 0.2) is 18.2 Å². The minimum atomic E-state index is -5.16. The first-order chi connectivity index (χ1) is 16.4. The zero-order valence-corrected chi connectivity index (χ0v) is 20.0. The lowest BCUT2D eigenvalue weighted by Gasteiger charge is -2.16.